The van der Waals surface area contributed by atoms with E-state index in [1.165, 1.54) is 0 Å². The largest absolute Gasteiger partial charge is 0.339 e. The highest BCUT2D eigenvalue weighted by molar-refractivity contribution is 6.30. The van der Waals surface area contributed by atoms with Gasteiger partial charge in [0.1, 0.15) is 0 Å². The quantitative estimate of drug-likeness (QED) is 0.829. The van der Waals surface area contributed by atoms with E-state index in [4.69, 9.17) is 16.1 Å². The Kier molecular flexibility index (Phi) is 5.19. The molecule has 1 atom stereocenters. The second kappa shape index (κ2) is 7.34. The SMILES string of the molecule is CCC(C)c1noc(C2CCN(C(=O)c3ccc(Cl)cc3)CC2)n1. The first-order chi connectivity index (χ1) is 11.6. The summed E-state index contributed by atoms with van der Waals surface area (Å²) in [7, 11) is 0. The van der Waals surface area contributed by atoms with Crippen LogP contribution in [0.3, 0.4) is 0 Å². The molecule has 1 fully saturated rings. The van der Waals surface area contributed by atoms with Crippen molar-refractivity contribution in [3.8, 4) is 0 Å². The van der Waals surface area contributed by atoms with Crippen molar-refractivity contribution in [1.29, 1.82) is 0 Å². The van der Waals surface area contributed by atoms with Gasteiger partial charge >= 0.3 is 0 Å². The van der Waals surface area contributed by atoms with Gasteiger partial charge in [0, 0.05) is 35.5 Å². The van der Waals surface area contributed by atoms with E-state index in [1.54, 1.807) is 24.3 Å². The van der Waals surface area contributed by atoms with Crippen LogP contribution < -0.4 is 0 Å². The van der Waals surface area contributed by atoms with Crippen LogP contribution in [0.2, 0.25) is 5.02 Å². The Morgan fingerprint density at radius 2 is 2.00 bits per heavy atom. The summed E-state index contributed by atoms with van der Waals surface area (Å²) in [5, 5.41) is 4.73. The summed E-state index contributed by atoms with van der Waals surface area (Å²) in [6.07, 6.45) is 2.69. The Morgan fingerprint density at radius 3 is 2.62 bits per heavy atom. The molecule has 24 heavy (non-hydrogen) atoms. The first-order valence-electron chi connectivity index (χ1n) is 8.46. The van der Waals surface area contributed by atoms with E-state index in [9.17, 15) is 4.79 Å². The zero-order chi connectivity index (χ0) is 17.1. The molecule has 1 aliphatic rings. The van der Waals surface area contributed by atoms with Gasteiger partial charge in [-0.2, -0.15) is 4.98 Å². The van der Waals surface area contributed by atoms with E-state index in [2.05, 4.69) is 24.0 Å². The third kappa shape index (κ3) is 3.61. The van der Waals surface area contributed by atoms with Gasteiger partial charge in [-0.1, -0.05) is 30.6 Å². The van der Waals surface area contributed by atoms with Gasteiger partial charge in [0.05, 0.1) is 0 Å². The molecule has 1 unspecified atom stereocenters. The molecule has 6 heteroatoms. The molecule has 5 nitrogen and oxygen atoms in total. The maximum absolute atomic E-state index is 12.5. The van der Waals surface area contributed by atoms with E-state index in [0.717, 1.165) is 25.1 Å². The smallest absolute Gasteiger partial charge is 0.253 e. The second-order valence-electron chi connectivity index (χ2n) is 6.37. The second-order valence-corrected chi connectivity index (χ2v) is 6.81. The number of hydrogen-bond donors (Lipinski definition) is 0. The topological polar surface area (TPSA) is 59.2 Å². The Bertz CT molecular complexity index is 691. The average Bonchev–Trinajstić information content (AvgIpc) is 3.11. The molecular weight excluding hydrogens is 326 g/mol. The summed E-state index contributed by atoms with van der Waals surface area (Å²) >= 11 is 5.88. The van der Waals surface area contributed by atoms with Gasteiger partial charge in [-0.05, 0) is 43.5 Å². The molecule has 0 bridgehead atoms. The molecule has 1 saturated heterocycles. The van der Waals surface area contributed by atoms with Crippen molar-refractivity contribution in [2.75, 3.05) is 13.1 Å². The van der Waals surface area contributed by atoms with E-state index in [-0.39, 0.29) is 11.8 Å². The lowest BCUT2D eigenvalue weighted by Crippen LogP contribution is -2.38. The molecule has 2 heterocycles. The molecule has 0 N–H and O–H groups in total. The molecule has 1 aliphatic heterocycles. The standard InChI is InChI=1S/C18H22ClN3O2/c1-3-12(2)16-20-17(24-21-16)13-8-10-22(11-9-13)18(23)14-4-6-15(19)7-5-14/h4-7,12-13H,3,8-11H2,1-2H3. The number of rotatable bonds is 4. The zero-order valence-corrected chi connectivity index (χ0v) is 14.8. The number of aromatic nitrogens is 2. The minimum absolute atomic E-state index is 0.0518. The average molecular weight is 348 g/mol. The first kappa shape index (κ1) is 17.0. The van der Waals surface area contributed by atoms with Gasteiger partial charge in [-0.15, -0.1) is 0 Å². The Morgan fingerprint density at radius 1 is 1.33 bits per heavy atom. The molecule has 0 aliphatic carbocycles. The van der Waals surface area contributed by atoms with Crippen molar-refractivity contribution in [3.05, 3.63) is 46.6 Å². The molecule has 0 radical (unpaired) electrons. The van der Waals surface area contributed by atoms with Crippen LogP contribution in [0.25, 0.3) is 0 Å². The van der Waals surface area contributed by atoms with Crippen LogP contribution in [-0.2, 0) is 0 Å². The zero-order valence-electron chi connectivity index (χ0n) is 14.0. The van der Waals surface area contributed by atoms with Gasteiger partial charge in [0.25, 0.3) is 5.91 Å². The lowest BCUT2D eigenvalue weighted by Gasteiger charge is -2.30. The molecule has 3 rings (SSSR count). The number of amides is 1. The van der Waals surface area contributed by atoms with Crippen molar-refractivity contribution in [2.45, 2.75) is 44.9 Å². The van der Waals surface area contributed by atoms with Gasteiger partial charge in [-0.3, -0.25) is 4.79 Å². The maximum atomic E-state index is 12.5. The summed E-state index contributed by atoms with van der Waals surface area (Å²) in [4.78, 5) is 18.9. The highest BCUT2D eigenvalue weighted by atomic mass is 35.5. The minimum Gasteiger partial charge on any atom is -0.339 e. The first-order valence-corrected chi connectivity index (χ1v) is 8.84. The van der Waals surface area contributed by atoms with Crippen LogP contribution in [-0.4, -0.2) is 34.0 Å². The van der Waals surface area contributed by atoms with Gasteiger partial charge in [0.2, 0.25) is 5.89 Å². The minimum atomic E-state index is 0.0518. The Hall–Kier alpha value is -1.88. The van der Waals surface area contributed by atoms with E-state index >= 15 is 0 Å². The van der Waals surface area contributed by atoms with E-state index in [1.807, 2.05) is 4.90 Å². The van der Waals surface area contributed by atoms with Crippen molar-refractivity contribution >= 4 is 17.5 Å². The molecule has 128 valence electrons. The van der Waals surface area contributed by atoms with Crippen molar-refractivity contribution < 1.29 is 9.32 Å². The maximum Gasteiger partial charge on any atom is 0.253 e. The fourth-order valence-corrected chi connectivity index (χ4v) is 3.03. The number of carbonyl (C=O) groups is 1. The third-order valence-electron chi connectivity index (χ3n) is 4.73. The van der Waals surface area contributed by atoms with Crippen LogP contribution in [0.5, 0.6) is 0 Å². The van der Waals surface area contributed by atoms with Crippen LogP contribution in [0, 0.1) is 0 Å². The summed E-state index contributed by atoms with van der Waals surface area (Å²) in [6.45, 7) is 5.62. The monoisotopic (exact) mass is 347 g/mol. The molecule has 0 spiro atoms. The number of halogens is 1. The normalized spacial score (nSPS) is 17.0. The molecule has 2 aromatic rings. The number of carbonyl (C=O) groups excluding carboxylic acids is 1. The predicted octanol–water partition coefficient (Wildman–Crippen LogP) is 4.26. The molecule has 1 aromatic carbocycles. The molecule has 1 amide bonds. The summed E-state index contributed by atoms with van der Waals surface area (Å²) < 4.78 is 5.44. The number of benzene rings is 1. The number of hydrogen-bond acceptors (Lipinski definition) is 4. The molecular formula is C18H22ClN3O2. The van der Waals surface area contributed by atoms with E-state index in [0.29, 0.717) is 35.5 Å². The predicted molar refractivity (Wildman–Crippen MR) is 92.3 cm³/mol. The molecule has 1 aromatic heterocycles. The Labute approximate surface area is 147 Å². The fourth-order valence-electron chi connectivity index (χ4n) is 2.90. The van der Waals surface area contributed by atoms with Crippen molar-refractivity contribution in [3.63, 3.8) is 0 Å². The van der Waals surface area contributed by atoms with Gasteiger partial charge < -0.3 is 9.42 Å². The number of nitrogens with zero attached hydrogens (tertiary/aromatic N) is 3. The molecule has 0 saturated carbocycles. The van der Waals surface area contributed by atoms with Crippen LogP contribution in [0.1, 0.15) is 67.0 Å². The van der Waals surface area contributed by atoms with Gasteiger partial charge in [0.15, 0.2) is 5.82 Å². The van der Waals surface area contributed by atoms with E-state index < -0.39 is 0 Å². The van der Waals surface area contributed by atoms with Crippen LogP contribution in [0.15, 0.2) is 28.8 Å². The summed E-state index contributed by atoms with van der Waals surface area (Å²) in [5.74, 6) is 2.10. The lowest BCUT2D eigenvalue weighted by atomic mass is 9.96. The highest BCUT2D eigenvalue weighted by Gasteiger charge is 2.28. The third-order valence-corrected chi connectivity index (χ3v) is 4.99. The van der Waals surface area contributed by atoms with Gasteiger partial charge in [-0.25, -0.2) is 0 Å². The lowest BCUT2D eigenvalue weighted by molar-refractivity contribution is 0.0704. The number of likely N-dealkylation sites (tertiary alicyclic amines) is 1. The highest BCUT2D eigenvalue weighted by Crippen LogP contribution is 2.29. The Balaban J connectivity index is 1.60. The van der Waals surface area contributed by atoms with Crippen LogP contribution in [0.4, 0.5) is 0 Å². The van der Waals surface area contributed by atoms with Crippen molar-refractivity contribution in [1.82, 2.24) is 15.0 Å². The van der Waals surface area contributed by atoms with Crippen LogP contribution >= 0.6 is 11.6 Å². The summed E-state index contributed by atoms with van der Waals surface area (Å²) in [6, 6.07) is 7.03. The fraction of sp³-hybridized carbons (Fsp3) is 0.500. The van der Waals surface area contributed by atoms with Crippen molar-refractivity contribution in [2.24, 2.45) is 0 Å². The number of piperidine rings is 1. The summed E-state index contributed by atoms with van der Waals surface area (Å²) in [5.41, 5.74) is 0.676.